The van der Waals surface area contributed by atoms with Crippen LogP contribution in [-0.2, 0) is 0 Å². The zero-order chi connectivity index (χ0) is 15.4. The number of nitrogens with zero attached hydrogens (tertiary/aromatic N) is 2. The van der Waals surface area contributed by atoms with Gasteiger partial charge in [0, 0.05) is 37.9 Å². The van der Waals surface area contributed by atoms with Gasteiger partial charge in [-0.1, -0.05) is 37.5 Å². The summed E-state index contributed by atoms with van der Waals surface area (Å²) in [5.41, 5.74) is 2.73. The van der Waals surface area contributed by atoms with Crippen molar-refractivity contribution in [1.82, 2.24) is 10.2 Å². The Hall–Kier alpha value is -1.29. The second kappa shape index (κ2) is 7.32. The van der Waals surface area contributed by atoms with E-state index in [1.807, 2.05) is 0 Å². The fraction of sp³-hybridized carbons (Fsp3) is 0.611. The fourth-order valence-corrected chi connectivity index (χ4v) is 3.93. The average molecular weight is 318 g/mol. The zero-order valence-electron chi connectivity index (χ0n) is 13.6. The highest BCUT2D eigenvalue weighted by Gasteiger charge is 2.22. The third-order valence-corrected chi connectivity index (χ3v) is 5.33. The van der Waals surface area contributed by atoms with Gasteiger partial charge in [0.25, 0.3) is 0 Å². The van der Waals surface area contributed by atoms with Gasteiger partial charge in [0.2, 0.25) is 0 Å². The Balaban J connectivity index is 1.51. The van der Waals surface area contributed by atoms with Crippen LogP contribution in [-0.4, -0.2) is 42.2 Å². The van der Waals surface area contributed by atoms with Gasteiger partial charge in [0.05, 0.1) is 0 Å². The Labute approximate surface area is 139 Å². The molecule has 4 heteroatoms. The predicted octanol–water partition coefficient (Wildman–Crippen LogP) is 3.32. The van der Waals surface area contributed by atoms with Gasteiger partial charge in [0.1, 0.15) is 0 Å². The average Bonchev–Trinajstić information content (AvgIpc) is 2.56. The lowest BCUT2D eigenvalue weighted by atomic mass is 9.96. The van der Waals surface area contributed by atoms with Gasteiger partial charge in [-0.25, -0.2) is 0 Å². The lowest BCUT2D eigenvalue weighted by Crippen LogP contribution is -2.53. The van der Waals surface area contributed by atoms with Gasteiger partial charge in [-0.3, -0.25) is 0 Å². The van der Waals surface area contributed by atoms with Gasteiger partial charge in [-0.05, 0) is 43.6 Å². The maximum atomic E-state index is 5.63. The summed E-state index contributed by atoms with van der Waals surface area (Å²) in [6.07, 6.45) is 6.65. The SMILES string of the molecule is Cc1ccccc1N1CCN(C(=S)NC2CCCCC2)CC1. The van der Waals surface area contributed by atoms with Crippen molar-refractivity contribution in [2.75, 3.05) is 31.1 Å². The summed E-state index contributed by atoms with van der Waals surface area (Å²) < 4.78 is 0. The minimum Gasteiger partial charge on any atom is -0.368 e. The molecule has 3 rings (SSSR count). The molecule has 1 aliphatic carbocycles. The first-order valence-electron chi connectivity index (χ1n) is 8.60. The third kappa shape index (κ3) is 3.72. The number of benzene rings is 1. The minimum absolute atomic E-state index is 0.607. The van der Waals surface area contributed by atoms with Crippen LogP contribution in [0.25, 0.3) is 0 Å². The first kappa shape index (κ1) is 15.6. The first-order valence-corrected chi connectivity index (χ1v) is 9.01. The van der Waals surface area contributed by atoms with Crippen molar-refractivity contribution >= 4 is 23.0 Å². The second-order valence-electron chi connectivity index (χ2n) is 6.55. The number of rotatable bonds is 2. The molecule has 2 aliphatic rings. The van der Waals surface area contributed by atoms with Crippen LogP contribution in [0.2, 0.25) is 0 Å². The van der Waals surface area contributed by atoms with Crippen LogP contribution in [0.1, 0.15) is 37.7 Å². The van der Waals surface area contributed by atoms with Gasteiger partial charge in [-0.2, -0.15) is 0 Å². The molecule has 3 nitrogen and oxygen atoms in total. The van der Waals surface area contributed by atoms with Gasteiger partial charge in [-0.15, -0.1) is 0 Å². The maximum Gasteiger partial charge on any atom is 0.169 e. The van der Waals surface area contributed by atoms with Gasteiger partial charge >= 0.3 is 0 Å². The molecule has 0 bridgehead atoms. The van der Waals surface area contributed by atoms with E-state index in [4.69, 9.17) is 12.2 Å². The Morgan fingerprint density at radius 2 is 1.73 bits per heavy atom. The fourth-order valence-electron chi connectivity index (χ4n) is 3.58. The second-order valence-corrected chi connectivity index (χ2v) is 6.93. The van der Waals surface area contributed by atoms with E-state index in [0.29, 0.717) is 6.04 Å². The predicted molar refractivity (Wildman–Crippen MR) is 97.6 cm³/mol. The molecule has 120 valence electrons. The molecule has 1 aromatic rings. The largest absolute Gasteiger partial charge is 0.368 e. The molecule has 0 atom stereocenters. The topological polar surface area (TPSA) is 18.5 Å². The van der Waals surface area contributed by atoms with E-state index in [1.54, 1.807) is 0 Å². The molecule has 0 amide bonds. The molecule has 1 aromatic carbocycles. The Bertz CT molecular complexity index is 503. The number of nitrogens with one attached hydrogen (secondary N) is 1. The first-order chi connectivity index (χ1) is 10.7. The van der Waals surface area contributed by atoms with Crippen LogP contribution in [0.4, 0.5) is 5.69 Å². The molecule has 2 fully saturated rings. The molecule has 22 heavy (non-hydrogen) atoms. The molecule has 1 aliphatic heterocycles. The third-order valence-electron chi connectivity index (χ3n) is 4.96. The van der Waals surface area contributed by atoms with Crippen LogP contribution < -0.4 is 10.2 Å². The molecular weight excluding hydrogens is 290 g/mol. The molecule has 0 radical (unpaired) electrons. The van der Waals surface area contributed by atoms with Gasteiger partial charge < -0.3 is 15.1 Å². The number of piperazine rings is 1. The number of aryl methyl sites for hydroxylation is 1. The number of anilines is 1. The molecule has 1 saturated heterocycles. The molecule has 0 spiro atoms. The van der Waals surface area contributed by atoms with Crippen LogP contribution in [0.3, 0.4) is 0 Å². The molecular formula is C18H27N3S. The molecule has 1 heterocycles. The highest BCUT2D eigenvalue weighted by atomic mass is 32.1. The van der Waals surface area contributed by atoms with Crippen molar-refractivity contribution in [1.29, 1.82) is 0 Å². The lowest BCUT2D eigenvalue weighted by Gasteiger charge is -2.39. The van der Waals surface area contributed by atoms with Crippen molar-refractivity contribution in [2.24, 2.45) is 0 Å². The van der Waals surface area contributed by atoms with Crippen molar-refractivity contribution in [3.05, 3.63) is 29.8 Å². The zero-order valence-corrected chi connectivity index (χ0v) is 14.4. The van der Waals surface area contributed by atoms with Crippen LogP contribution in [0.15, 0.2) is 24.3 Å². The van der Waals surface area contributed by atoms with Crippen molar-refractivity contribution in [3.8, 4) is 0 Å². The Morgan fingerprint density at radius 1 is 1.05 bits per heavy atom. The minimum atomic E-state index is 0.607. The Morgan fingerprint density at radius 3 is 2.41 bits per heavy atom. The van der Waals surface area contributed by atoms with E-state index < -0.39 is 0 Å². The summed E-state index contributed by atoms with van der Waals surface area (Å²) in [7, 11) is 0. The maximum absolute atomic E-state index is 5.63. The summed E-state index contributed by atoms with van der Waals surface area (Å²) in [4.78, 5) is 4.83. The summed E-state index contributed by atoms with van der Waals surface area (Å²) in [6, 6.07) is 9.26. The van der Waals surface area contributed by atoms with Crippen molar-refractivity contribution in [2.45, 2.75) is 45.1 Å². The van der Waals surface area contributed by atoms with E-state index in [-0.39, 0.29) is 0 Å². The number of hydrogen-bond donors (Lipinski definition) is 1. The smallest absolute Gasteiger partial charge is 0.169 e. The van der Waals surface area contributed by atoms with Crippen LogP contribution >= 0.6 is 12.2 Å². The van der Waals surface area contributed by atoms with E-state index in [2.05, 4.69) is 46.3 Å². The van der Waals surface area contributed by atoms with Crippen molar-refractivity contribution in [3.63, 3.8) is 0 Å². The molecule has 1 saturated carbocycles. The number of thiocarbonyl (C=S) groups is 1. The summed E-state index contributed by atoms with van der Waals surface area (Å²) in [6.45, 7) is 6.34. The number of hydrogen-bond acceptors (Lipinski definition) is 2. The molecule has 0 aromatic heterocycles. The standard InChI is InChI=1S/C18H27N3S/c1-15-7-5-6-10-17(15)20-11-13-21(14-12-20)18(22)19-16-8-3-2-4-9-16/h5-7,10,16H,2-4,8-9,11-14H2,1H3,(H,19,22). The van der Waals surface area contributed by atoms with Crippen LogP contribution in [0.5, 0.6) is 0 Å². The number of para-hydroxylation sites is 1. The van der Waals surface area contributed by atoms with Gasteiger partial charge in [0.15, 0.2) is 5.11 Å². The molecule has 1 N–H and O–H groups in total. The molecule has 0 unspecified atom stereocenters. The summed E-state index contributed by atoms with van der Waals surface area (Å²) in [5, 5.41) is 4.56. The Kier molecular flexibility index (Phi) is 5.19. The monoisotopic (exact) mass is 317 g/mol. The summed E-state index contributed by atoms with van der Waals surface area (Å²) in [5.74, 6) is 0. The normalized spacial score (nSPS) is 20.0. The quantitative estimate of drug-likeness (QED) is 0.843. The van der Waals surface area contributed by atoms with Crippen LogP contribution in [0, 0.1) is 6.92 Å². The van der Waals surface area contributed by atoms with E-state index in [1.165, 1.54) is 43.4 Å². The van der Waals surface area contributed by atoms with E-state index >= 15 is 0 Å². The van der Waals surface area contributed by atoms with E-state index in [9.17, 15) is 0 Å². The van der Waals surface area contributed by atoms with E-state index in [0.717, 1.165) is 31.3 Å². The highest BCUT2D eigenvalue weighted by Crippen LogP contribution is 2.21. The summed E-state index contributed by atoms with van der Waals surface area (Å²) >= 11 is 5.63. The highest BCUT2D eigenvalue weighted by molar-refractivity contribution is 7.80. The van der Waals surface area contributed by atoms with Crippen molar-refractivity contribution < 1.29 is 0 Å². The lowest BCUT2D eigenvalue weighted by molar-refractivity contribution is 0.355.